The van der Waals surface area contributed by atoms with E-state index in [2.05, 4.69) is 4.98 Å². The minimum atomic E-state index is -0.431. The number of rotatable bonds is 2. The zero-order valence-corrected chi connectivity index (χ0v) is 10.8. The van der Waals surface area contributed by atoms with E-state index in [1.165, 1.54) is 0 Å². The molecule has 1 aromatic heterocycles. The van der Waals surface area contributed by atoms with Gasteiger partial charge in [0.1, 0.15) is 0 Å². The zero-order valence-electron chi connectivity index (χ0n) is 10.8. The molecule has 0 saturated heterocycles. The lowest BCUT2D eigenvalue weighted by atomic mass is 9.83. The average molecular weight is 267 g/mol. The number of pyridine rings is 1. The number of carbonyl (C=O) groups excluding carboxylic acids is 2. The van der Waals surface area contributed by atoms with Crippen LogP contribution in [0.1, 0.15) is 22.3 Å². The lowest BCUT2D eigenvalue weighted by molar-refractivity contribution is -0.139. The Balaban J connectivity index is 1.76. The van der Waals surface area contributed by atoms with Gasteiger partial charge in [-0.3, -0.25) is 9.59 Å². The fraction of sp³-hybridized carbons (Fsp3) is 0.188. The summed E-state index contributed by atoms with van der Waals surface area (Å²) < 4.78 is 5.21. The molecule has 4 nitrogen and oxygen atoms in total. The lowest BCUT2D eigenvalue weighted by Crippen LogP contribution is -2.29. The molecule has 0 N–H and O–H groups in total. The van der Waals surface area contributed by atoms with Crippen LogP contribution in [0, 0.1) is 5.92 Å². The smallest absolute Gasteiger partial charge is 0.316 e. The van der Waals surface area contributed by atoms with Gasteiger partial charge in [-0.1, -0.05) is 30.3 Å². The first kappa shape index (κ1) is 12.5. The van der Waals surface area contributed by atoms with E-state index < -0.39 is 11.9 Å². The maximum Gasteiger partial charge on any atom is 0.316 e. The average Bonchev–Trinajstić information content (AvgIpc) is 2.48. The van der Waals surface area contributed by atoms with E-state index in [0.29, 0.717) is 6.42 Å². The van der Waals surface area contributed by atoms with Crippen LogP contribution >= 0.6 is 0 Å². The molecule has 1 aliphatic carbocycles. The fourth-order valence-corrected chi connectivity index (χ4v) is 2.40. The normalized spacial score (nSPS) is 17.4. The predicted molar refractivity (Wildman–Crippen MR) is 72.5 cm³/mol. The number of carbonyl (C=O) groups is 2. The summed E-state index contributed by atoms with van der Waals surface area (Å²) in [5, 5.41) is 0. The summed E-state index contributed by atoms with van der Waals surface area (Å²) in [7, 11) is 0. The number of hydrogen-bond acceptors (Lipinski definition) is 4. The molecule has 0 spiro atoms. The predicted octanol–water partition coefficient (Wildman–Crippen LogP) is 2.43. The third-order valence-corrected chi connectivity index (χ3v) is 3.39. The molecular formula is C16H13NO3. The Kier molecular flexibility index (Phi) is 3.29. The number of aromatic nitrogens is 1. The van der Waals surface area contributed by atoms with Crippen LogP contribution < -0.4 is 4.74 Å². The number of ether oxygens (including phenoxy) is 1. The molecule has 1 heterocycles. The Hall–Kier alpha value is -2.49. The summed E-state index contributed by atoms with van der Waals surface area (Å²) in [4.78, 5) is 28.1. The van der Waals surface area contributed by atoms with Crippen molar-refractivity contribution >= 4 is 11.8 Å². The van der Waals surface area contributed by atoms with Gasteiger partial charge in [0, 0.05) is 24.2 Å². The van der Waals surface area contributed by atoms with Gasteiger partial charge < -0.3 is 4.74 Å². The number of Topliss-reactive ketones (excluding diaryl/α,β-unsaturated/α-hetero) is 1. The summed E-state index contributed by atoms with van der Waals surface area (Å²) in [6.45, 7) is 0. The highest BCUT2D eigenvalue weighted by atomic mass is 16.5. The Morgan fingerprint density at radius 1 is 1.10 bits per heavy atom. The van der Waals surface area contributed by atoms with Gasteiger partial charge in [-0.2, -0.15) is 0 Å². The Bertz CT molecular complexity index is 652. The lowest BCUT2D eigenvalue weighted by Gasteiger charge is -2.21. The second-order valence-electron chi connectivity index (χ2n) is 4.77. The van der Waals surface area contributed by atoms with Crippen molar-refractivity contribution in [1.82, 2.24) is 4.98 Å². The van der Waals surface area contributed by atoms with Gasteiger partial charge >= 0.3 is 5.97 Å². The van der Waals surface area contributed by atoms with E-state index in [9.17, 15) is 9.59 Å². The largest absolute Gasteiger partial charge is 0.407 e. The van der Waals surface area contributed by atoms with Gasteiger partial charge in [-0.15, -0.1) is 0 Å². The molecule has 0 bridgehead atoms. The van der Waals surface area contributed by atoms with E-state index in [4.69, 9.17) is 4.74 Å². The quantitative estimate of drug-likeness (QED) is 0.784. The van der Waals surface area contributed by atoms with Crippen LogP contribution in [0.5, 0.6) is 5.88 Å². The molecule has 100 valence electrons. The van der Waals surface area contributed by atoms with Crippen molar-refractivity contribution in [2.45, 2.75) is 12.8 Å². The Morgan fingerprint density at radius 2 is 1.90 bits per heavy atom. The number of nitrogens with zero attached hydrogens (tertiary/aromatic N) is 1. The third-order valence-electron chi connectivity index (χ3n) is 3.39. The number of esters is 1. The van der Waals surface area contributed by atoms with Crippen molar-refractivity contribution < 1.29 is 14.3 Å². The van der Waals surface area contributed by atoms with Crippen LogP contribution in [0.2, 0.25) is 0 Å². The molecule has 0 saturated carbocycles. The number of fused-ring (bicyclic) bond motifs is 1. The maximum atomic E-state index is 12.1. The number of ketones is 1. The Labute approximate surface area is 116 Å². The minimum Gasteiger partial charge on any atom is -0.407 e. The van der Waals surface area contributed by atoms with Crippen molar-refractivity contribution in [2.75, 3.05) is 0 Å². The SMILES string of the molecule is O=C1CC(C(=O)Oc2ccccn2)Cc2ccccc21. The second-order valence-corrected chi connectivity index (χ2v) is 4.77. The highest BCUT2D eigenvalue weighted by Gasteiger charge is 2.31. The molecule has 0 radical (unpaired) electrons. The summed E-state index contributed by atoms with van der Waals surface area (Å²) >= 11 is 0. The highest BCUT2D eigenvalue weighted by molar-refractivity contribution is 6.01. The van der Waals surface area contributed by atoms with Crippen LogP contribution in [0.15, 0.2) is 48.7 Å². The molecule has 1 atom stereocenters. The first-order valence-electron chi connectivity index (χ1n) is 6.48. The minimum absolute atomic E-state index is 0.00480. The molecule has 1 aliphatic rings. The van der Waals surface area contributed by atoms with Gasteiger partial charge in [0.05, 0.1) is 5.92 Å². The molecular weight excluding hydrogens is 254 g/mol. The van der Waals surface area contributed by atoms with Gasteiger partial charge in [-0.25, -0.2) is 4.98 Å². The monoisotopic (exact) mass is 267 g/mol. The van der Waals surface area contributed by atoms with E-state index in [1.807, 2.05) is 18.2 Å². The summed E-state index contributed by atoms with van der Waals surface area (Å²) in [6.07, 6.45) is 2.29. The zero-order chi connectivity index (χ0) is 13.9. The summed E-state index contributed by atoms with van der Waals surface area (Å²) in [6, 6.07) is 12.5. The second kappa shape index (κ2) is 5.25. The number of benzene rings is 1. The standard InChI is InChI=1S/C16H13NO3/c18-14-10-12(9-11-5-1-2-6-13(11)14)16(19)20-15-7-3-4-8-17-15/h1-8,12H,9-10H2. The van der Waals surface area contributed by atoms with Crippen molar-refractivity contribution in [1.29, 1.82) is 0 Å². The maximum absolute atomic E-state index is 12.1. The van der Waals surface area contributed by atoms with E-state index in [-0.39, 0.29) is 18.1 Å². The fourth-order valence-electron chi connectivity index (χ4n) is 2.40. The molecule has 0 amide bonds. The third kappa shape index (κ3) is 2.45. The molecule has 20 heavy (non-hydrogen) atoms. The Morgan fingerprint density at radius 3 is 2.70 bits per heavy atom. The van der Waals surface area contributed by atoms with Crippen molar-refractivity contribution in [3.63, 3.8) is 0 Å². The van der Waals surface area contributed by atoms with Crippen molar-refractivity contribution in [2.24, 2.45) is 5.92 Å². The molecule has 1 unspecified atom stereocenters. The summed E-state index contributed by atoms with van der Waals surface area (Å²) in [5.74, 6) is -0.565. The van der Waals surface area contributed by atoms with Crippen molar-refractivity contribution in [3.05, 3.63) is 59.8 Å². The van der Waals surface area contributed by atoms with Gasteiger partial charge in [0.25, 0.3) is 0 Å². The van der Waals surface area contributed by atoms with Gasteiger partial charge in [0.2, 0.25) is 5.88 Å². The molecule has 2 aromatic rings. The summed E-state index contributed by atoms with van der Waals surface area (Å²) in [5.41, 5.74) is 1.63. The van der Waals surface area contributed by atoms with Crippen molar-refractivity contribution in [3.8, 4) is 5.88 Å². The van der Waals surface area contributed by atoms with Crippen LogP contribution in [0.25, 0.3) is 0 Å². The molecule has 0 fully saturated rings. The first-order valence-corrected chi connectivity index (χ1v) is 6.48. The first-order chi connectivity index (χ1) is 9.74. The van der Waals surface area contributed by atoms with Crippen LogP contribution in [0.3, 0.4) is 0 Å². The van der Waals surface area contributed by atoms with E-state index >= 15 is 0 Å². The molecule has 4 heteroatoms. The van der Waals surface area contributed by atoms with Gasteiger partial charge in [0.15, 0.2) is 5.78 Å². The highest BCUT2D eigenvalue weighted by Crippen LogP contribution is 2.26. The number of hydrogen-bond donors (Lipinski definition) is 0. The van der Waals surface area contributed by atoms with E-state index in [0.717, 1.165) is 11.1 Å². The molecule has 3 rings (SSSR count). The van der Waals surface area contributed by atoms with Crippen LogP contribution in [-0.2, 0) is 11.2 Å². The molecule has 1 aromatic carbocycles. The molecule has 0 aliphatic heterocycles. The van der Waals surface area contributed by atoms with Crippen LogP contribution in [-0.4, -0.2) is 16.7 Å². The topological polar surface area (TPSA) is 56.3 Å². The van der Waals surface area contributed by atoms with E-state index in [1.54, 1.807) is 30.5 Å². The van der Waals surface area contributed by atoms with Crippen LogP contribution in [0.4, 0.5) is 0 Å². The van der Waals surface area contributed by atoms with Gasteiger partial charge in [-0.05, 0) is 18.1 Å².